The zero-order valence-corrected chi connectivity index (χ0v) is 12.5. The first-order valence-electron chi connectivity index (χ1n) is 7.65. The molecule has 1 unspecified atom stereocenters. The summed E-state index contributed by atoms with van der Waals surface area (Å²) in [5.74, 6) is 0.854. The van der Waals surface area contributed by atoms with Crippen molar-refractivity contribution in [3.8, 4) is 5.75 Å². The molecule has 3 rings (SSSR count). The molecule has 0 bridgehead atoms. The highest BCUT2D eigenvalue weighted by Crippen LogP contribution is 2.38. The number of ether oxygens (including phenoxy) is 1. The molecule has 21 heavy (non-hydrogen) atoms. The Morgan fingerprint density at radius 2 is 1.81 bits per heavy atom. The number of para-hydroxylation sites is 1. The van der Waals surface area contributed by atoms with Crippen molar-refractivity contribution in [2.75, 3.05) is 7.11 Å². The van der Waals surface area contributed by atoms with Crippen molar-refractivity contribution >= 4 is 0 Å². The number of aliphatic hydroxyl groups is 1. The normalized spacial score (nSPS) is 21.4. The molecule has 0 fully saturated rings. The van der Waals surface area contributed by atoms with Gasteiger partial charge in [-0.25, -0.2) is 0 Å². The minimum Gasteiger partial charge on any atom is -0.496 e. The van der Waals surface area contributed by atoms with Gasteiger partial charge >= 0.3 is 0 Å². The van der Waals surface area contributed by atoms with Gasteiger partial charge in [0.2, 0.25) is 0 Å². The van der Waals surface area contributed by atoms with Crippen LogP contribution in [0.3, 0.4) is 0 Å². The lowest BCUT2D eigenvalue weighted by Gasteiger charge is -2.29. The Morgan fingerprint density at radius 1 is 1.05 bits per heavy atom. The van der Waals surface area contributed by atoms with E-state index in [0.717, 1.165) is 42.6 Å². The number of hydrogen-bond acceptors (Lipinski definition) is 2. The third-order valence-corrected chi connectivity index (χ3v) is 4.48. The van der Waals surface area contributed by atoms with Crippen LogP contribution < -0.4 is 4.74 Å². The molecule has 0 spiro atoms. The molecule has 0 saturated carbocycles. The number of hydrogen-bond donors (Lipinski definition) is 1. The summed E-state index contributed by atoms with van der Waals surface area (Å²) in [5.41, 5.74) is 2.65. The molecule has 110 valence electrons. The molecule has 2 aromatic carbocycles. The first kappa shape index (κ1) is 14.2. The summed E-state index contributed by atoms with van der Waals surface area (Å²) in [6.45, 7) is 0. The van der Waals surface area contributed by atoms with E-state index in [9.17, 15) is 5.11 Å². The lowest BCUT2D eigenvalue weighted by atomic mass is 9.82. The van der Waals surface area contributed by atoms with Crippen LogP contribution in [0.15, 0.2) is 48.5 Å². The van der Waals surface area contributed by atoms with Gasteiger partial charge in [-0.05, 0) is 48.4 Å². The third-order valence-electron chi connectivity index (χ3n) is 4.48. The Balaban J connectivity index is 2.00. The van der Waals surface area contributed by atoms with E-state index in [-0.39, 0.29) is 0 Å². The van der Waals surface area contributed by atoms with E-state index < -0.39 is 5.60 Å². The van der Waals surface area contributed by atoms with Crippen molar-refractivity contribution in [2.24, 2.45) is 0 Å². The fraction of sp³-hybridized carbons (Fsp3) is 0.368. The Hall–Kier alpha value is -1.80. The largest absolute Gasteiger partial charge is 0.496 e. The quantitative estimate of drug-likeness (QED) is 0.866. The minimum absolute atomic E-state index is 0.605. The molecule has 2 aromatic rings. The third kappa shape index (κ3) is 2.81. The molecule has 2 nitrogen and oxygen atoms in total. The van der Waals surface area contributed by atoms with Crippen LogP contribution in [0.1, 0.15) is 36.0 Å². The molecule has 0 aromatic heterocycles. The van der Waals surface area contributed by atoms with Gasteiger partial charge in [0.25, 0.3) is 0 Å². The number of aryl methyl sites for hydroxylation is 1. The average Bonchev–Trinajstić information content (AvgIpc) is 2.68. The van der Waals surface area contributed by atoms with Crippen LogP contribution >= 0.6 is 0 Å². The summed E-state index contributed by atoms with van der Waals surface area (Å²) >= 11 is 0. The fourth-order valence-corrected chi connectivity index (χ4v) is 3.41. The lowest BCUT2D eigenvalue weighted by molar-refractivity contribution is 0.0266. The van der Waals surface area contributed by atoms with Gasteiger partial charge in [0, 0.05) is 6.42 Å². The molecule has 2 heteroatoms. The van der Waals surface area contributed by atoms with Crippen LogP contribution in [0.5, 0.6) is 5.75 Å². The van der Waals surface area contributed by atoms with Crippen molar-refractivity contribution in [1.82, 2.24) is 0 Å². The second kappa shape index (κ2) is 5.90. The van der Waals surface area contributed by atoms with Crippen LogP contribution in [-0.4, -0.2) is 12.2 Å². The second-order valence-corrected chi connectivity index (χ2v) is 5.88. The van der Waals surface area contributed by atoms with Crippen molar-refractivity contribution in [2.45, 2.75) is 37.7 Å². The molecular weight excluding hydrogens is 260 g/mol. The second-order valence-electron chi connectivity index (χ2n) is 5.88. The van der Waals surface area contributed by atoms with Crippen LogP contribution in [0.4, 0.5) is 0 Å². The maximum Gasteiger partial charge on any atom is 0.122 e. The summed E-state index contributed by atoms with van der Waals surface area (Å²) in [6, 6.07) is 16.3. The first-order valence-corrected chi connectivity index (χ1v) is 7.65. The predicted octanol–water partition coefficient (Wildman–Crippen LogP) is 3.85. The fourth-order valence-electron chi connectivity index (χ4n) is 3.41. The smallest absolute Gasteiger partial charge is 0.122 e. The molecule has 1 aliphatic rings. The van der Waals surface area contributed by atoms with E-state index in [1.807, 2.05) is 30.3 Å². The van der Waals surface area contributed by atoms with Gasteiger partial charge in [-0.3, -0.25) is 0 Å². The maximum atomic E-state index is 11.3. The molecule has 0 aliphatic heterocycles. The SMILES string of the molecule is COc1ccccc1CC1(O)CCCCc2ccccc21. The minimum atomic E-state index is -0.790. The van der Waals surface area contributed by atoms with Gasteiger partial charge in [-0.2, -0.15) is 0 Å². The molecule has 0 heterocycles. The van der Waals surface area contributed by atoms with Gasteiger partial charge in [-0.1, -0.05) is 42.5 Å². The lowest BCUT2D eigenvalue weighted by Crippen LogP contribution is -2.29. The van der Waals surface area contributed by atoms with E-state index in [2.05, 4.69) is 18.2 Å². The highest BCUT2D eigenvalue weighted by atomic mass is 16.5. The van der Waals surface area contributed by atoms with Crippen molar-refractivity contribution in [3.05, 3.63) is 65.2 Å². The maximum absolute atomic E-state index is 11.3. The van der Waals surface area contributed by atoms with Gasteiger partial charge < -0.3 is 9.84 Å². The van der Waals surface area contributed by atoms with Gasteiger partial charge in [0.1, 0.15) is 5.75 Å². The summed E-state index contributed by atoms with van der Waals surface area (Å²) in [7, 11) is 1.68. The van der Waals surface area contributed by atoms with E-state index in [1.54, 1.807) is 7.11 Å². The molecule has 1 atom stereocenters. The molecule has 1 aliphatic carbocycles. The van der Waals surface area contributed by atoms with E-state index >= 15 is 0 Å². The monoisotopic (exact) mass is 282 g/mol. The number of methoxy groups -OCH3 is 1. The topological polar surface area (TPSA) is 29.5 Å². The Kier molecular flexibility index (Phi) is 3.98. The van der Waals surface area contributed by atoms with Crippen LogP contribution in [0.2, 0.25) is 0 Å². The van der Waals surface area contributed by atoms with Crippen molar-refractivity contribution in [1.29, 1.82) is 0 Å². The Bertz CT molecular complexity index is 620. The zero-order chi connectivity index (χ0) is 14.7. The predicted molar refractivity (Wildman–Crippen MR) is 84.6 cm³/mol. The molecule has 0 radical (unpaired) electrons. The summed E-state index contributed by atoms with van der Waals surface area (Å²) in [5, 5.41) is 11.3. The molecular formula is C19H22O2. The van der Waals surface area contributed by atoms with Gasteiger partial charge in [-0.15, -0.1) is 0 Å². The highest BCUT2D eigenvalue weighted by Gasteiger charge is 2.33. The number of rotatable bonds is 3. The van der Waals surface area contributed by atoms with Crippen LogP contribution in [0, 0.1) is 0 Å². The van der Waals surface area contributed by atoms with Crippen molar-refractivity contribution < 1.29 is 9.84 Å². The van der Waals surface area contributed by atoms with Gasteiger partial charge in [0.05, 0.1) is 12.7 Å². The van der Waals surface area contributed by atoms with E-state index in [0.29, 0.717) is 6.42 Å². The summed E-state index contributed by atoms with van der Waals surface area (Å²) in [6.07, 6.45) is 4.67. The average molecular weight is 282 g/mol. The van der Waals surface area contributed by atoms with E-state index in [4.69, 9.17) is 4.74 Å². The highest BCUT2D eigenvalue weighted by molar-refractivity contribution is 5.39. The van der Waals surface area contributed by atoms with Crippen molar-refractivity contribution in [3.63, 3.8) is 0 Å². The number of benzene rings is 2. The van der Waals surface area contributed by atoms with Crippen LogP contribution in [-0.2, 0) is 18.4 Å². The molecule has 0 amide bonds. The molecule has 1 N–H and O–H groups in total. The standard InChI is InChI=1S/C19H22O2/c1-21-18-12-5-3-10-16(18)14-19(20)13-7-6-9-15-8-2-4-11-17(15)19/h2-5,8,10-12,20H,6-7,9,13-14H2,1H3. The first-order chi connectivity index (χ1) is 10.2. The number of fused-ring (bicyclic) bond motifs is 1. The Labute approximate surface area is 126 Å². The summed E-state index contributed by atoms with van der Waals surface area (Å²) < 4.78 is 5.44. The van der Waals surface area contributed by atoms with Crippen LogP contribution in [0.25, 0.3) is 0 Å². The zero-order valence-electron chi connectivity index (χ0n) is 12.5. The Morgan fingerprint density at radius 3 is 2.67 bits per heavy atom. The van der Waals surface area contributed by atoms with Gasteiger partial charge in [0.15, 0.2) is 0 Å². The summed E-state index contributed by atoms with van der Waals surface area (Å²) in [4.78, 5) is 0. The molecule has 0 saturated heterocycles. The van der Waals surface area contributed by atoms with E-state index in [1.165, 1.54) is 5.56 Å².